The van der Waals surface area contributed by atoms with Crippen molar-refractivity contribution in [1.29, 1.82) is 0 Å². The van der Waals surface area contributed by atoms with Crippen LogP contribution in [0.15, 0.2) is 42.5 Å². The van der Waals surface area contributed by atoms with Crippen molar-refractivity contribution in [2.75, 3.05) is 19.1 Å². The quantitative estimate of drug-likeness (QED) is 0.310. The molecule has 0 saturated heterocycles. The average molecular weight is 447 g/mol. The number of ether oxygens (including phenoxy) is 3. The van der Waals surface area contributed by atoms with Crippen LogP contribution in [0, 0.1) is 0 Å². The molecular weight excluding hydrogens is 420 g/mol. The predicted molar refractivity (Wildman–Crippen MR) is 126 cm³/mol. The molecule has 2 aromatic heterocycles. The van der Waals surface area contributed by atoms with Crippen LogP contribution >= 0.6 is 0 Å². The van der Waals surface area contributed by atoms with E-state index in [1.165, 1.54) is 0 Å². The lowest BCUT2D eigenvalue weighted by Crippen LogP contribution is -2.11. The van der Waals surface area contributed by atoms with Gasteiger partial charge < -0.3 is 24.5 Å². The number of aromatic nitrogens is 3. The standard InChI is InChI=1S/C25H26N4O4/c1-2-3-4-7-12-31-25(30)21-22-24(28-18-9-6-5-8-17(18)27-22)29(23(21)26)14-16-10-11-19-20(13-16)33-15-32-19/h5-6,8-11,13H,2-4,7,12,14-15,26H2,1H3. The SMILES string of the molecule is CCCCCCOC(=O)c1c(N)n(Cc2ccc3c(c2)OCO3)c2nc3ccccc3nc12. The van der Waals surface area contributed by atoms with Gasteiger partial charge in [0.1, 0.15) is 16.9 Å². The summed E-state index contributed by atoms with van der Waals surface area (Å²) in [6, 6.07) is 13.3. The van der Waals surface area contributed by atoms with Gasteiger partial charge in [-0.1, -0.05) is 44.4 Å². The molecule has 33 heavy (non-hydrogen) atoms. The third-order valence-corrected chi connectivity index (χ3v) is 5.80. The van der Waals surface area contributed by atoms with E-state index in [2.05, 4.69) is 6.92 Å². The minimum atomic E-state index is -0.469. The molecule has 0 bridgehead atoms. The number of carbonyl (C=O) groups is 1. The molecule has 0 unspecified atom stereocenters. The van der Waals surface area contributed by atoms with Crippen LogP contribution in [0.4, 0.5) is 5.82 Å². The molecule has 0 aliphatic carbocycles. The van der Waals surface area contributed by atoms with Crippen LogP contribution in [-0.2, 0) is 11.3 Å². The first-order chi connectivity index (χ1) is 16.2. The highest BCUT2D eigenvalue weighted by Gasteiger charge is 2.25. The predicted octanol–water partition coefficient (Wildman–Crippen LogP) is 4.68. The zero-order valence-corrected chi connectivity index (χ0v) is 18.5. The summed E-state index contributed by atoms with van der Waals surface area (Å²) < 4.78 is 18.3. The second kappa shape index (κ2) is 8.97. The number of benzene rings is 2. The van der Waals surface area contributed by atoms with Crippen LogP contribution in [0.5, 0.6) is 11.5 Å². The molecular formula is C25H26N4O4. The first-order valence-electron chi connectivity index (χ1n) is 11.3. The molecule has 3 heterocycles. The average Bonchev–Trinajstić information content (AvgIpc) is 3.39. The van der Waals surface area contributed by atoms with Gasteiger partial charge in [-0.2, -0.15) is 0 Å². The van der Waals surface area contributed by atoms with Gasteiger partial charge in [0.2, 0.25) is 6.79 Å². The van der Waals surface area contributed by atoms with Crippen LogP contribution < -0.4 is 15.2 Å². The number of nitrogen functional groups attached to an aromatic ring is 1. The van der Waals surface area contributed by atoms with Gasteiger partial charge in [-0.05, 0) is 36.2 Å². The van der Waals surface area contributed by atoms with Crippen LogP contribution in [-0.4, -0.2) is 33.9 Å². The van der Waals surface area contributed by atoms with Crippen LogP contribution in [0.25, 0.3) is 22.2 Å². The highest BCUT2D eigenvalue weighted by molar-refractivity contribution is 6.08. The van der Waals surface area contributed by atoms with Crippen molar-refractivity contribution in [1.82, 2.24) is 14.5 Å². The van der Waals surface area contributed by atoms with Gasteiger partial charge in [-0.25, -0.2) is 14.8 Å². The Morgan fingerprint density at radius 2 is 1.85 bits per heavy atom. The van der Waals surface area contributed by atoms with Gasteiger partial charge in [0.15, 0.2) is 17.1 Å². The number of para-hydroxylation sites is 2. The number of carbonyl (C=O) groups excluding carboxylic acids is 1. The smallest absolute Gasteiger partial charge is 0.344 e. The van der Waals surface area contributed by atoms with E-state index in [4.69, 9.17) is 29.9 Å². The monoisotopic (exact) mass is 446 g/mol. The summed E-state index contributed by atoms with van der Waals surface area (Å²) in [5.41, 5.74) is 10.1. The topological polar surface area (TPSA) is 101 Å². The van der Waals surface area contributed by atoms with Crippen LogP contribution in [0.2, 0.25) is 0 Å². The van der Waals surface area contributed by atoms with Gasteiger partial charge in [0.25, 0.3) is 0 Å². The van der Waals surface area contributed by atoms with Gasteiger partial charge >= 0.3 is 5.97 Å². The van der Waals surface area contributed by atoms with Crippen molar-refractivity contribution >= 4 is 34.0 Å². The van der Waals surface area contributed by atoms with Crippen LogP contribution in [0.1, 0.15) is 48.5 Å². The Hall–Kier alpha value is -3.81. The Morgan fingerprint density at radius 1 is 1.06 bits per heavy atom. The van der Waals surface area contributed by atoms with E-state index in [0.717, 1.165) is 36.8 Å². The molecule has 8 nitrogen and oxygen atoms in total. The molecule has 0 atom stereocenters. The molecule has 2 N–H and O–H groups in total. The highest BCUT2D eigenvalue weighted by Crippen LogP contribution is 2.34. The van der Waals surface area contributed by atoms with E-state index < -0.39 is 5.97 Å². The zero-order valence-electron chi connectivity index (χ0n) is 18.5. The molecule has 0 radical (unpaired) electrons. The largest absolute Gasteiger partial charge is 0.462 e. The van der Waals surface area contributed by atoms with E-state index in [9.17, 15) is 4.79 Å². The van der Waals surface area contributed by atoms with Crippen molar-refractivity contribution in [3.63, 3.8) is 0 Å². The number of unbranched alkanes of at least 4 members (excludes halogenated alkanes) is 3. The third kappa shape index (κ3) is 4.04. The second-order valence-electron chi connectivity index (χ2n) is 8.12. The Morgan fingerprint density at radius 3 is 2.67 bits per heavy atom. The van der Waals surface area contributed by atoms with Gasteiger partial charge in [0.05, 0.1) is 24.2 Å². The lowest BCUT2D eigenvalue weighted by molar-refractivity contribution is 0.0501. The van der Waals surface area contributed by atoms with E-state index in [0.29, 0.717) is 41.3 Å². The number of rotatable bonds is 8. The first-order valence-corrected chi connectivity index (χ1v) is 11.3. The fraction of sp³-hybridized carbons (Fsp3) is 0.320. The fourth-order valence-electron chi connectivity index (χ4n) is 4.07. The highest BCUT2D eigenvalue weighted by atomic mass is 16.7. The van der Waals surface area contributed by atoms with Crippen molar-refractivity contribution in [3.05, 3.63) is 53.6 Å². The summed E-state index contributed by atoms with van der Waals surface area (Å²) in [5, 5.41) is 0. The number of nitrogens with zero attached hydrogens (tertiary/aromatic N) is 3. The van der Waals surface area contributed by atoms with Gasteiger partial charge in [0, 0.05) is 0 Å². The fourth-order valence-corrected chi connectivity index (χ4v) is 4.07. The Kier molecular flexibility index (Phi) is 5.73. The van der Waals surface area contributed by atoms with E-state index >= 15 is 0 Å². The third-order valence-electron chi connectivity index (χ3n) is 5.80. The van der Waals surface area contributed by atoms with Crippen LogP contribution in [0.3, 0.4) is 0 Å². The number of anilines is 1. The summed E-state index contributed by atoms with van der Waals surface area (Å²) in [4.78, 5) is 22.6. The molecule has 4 aromatic rings. The molecule has 8 heteroatoms. The maximum atomic E-state index is 13.0. The molecule has 0 amide bonds. The van der Waals surface area contributed by atoms with Crippen molar-refractivity contribution in [3.8, 4) is 11.5 Å². The lowest BCUT2D eigenvalue weighted by atomic mass is 10.2. The Labute approximate surface area is 191 Å². The van der Waals surface area contributed by atoms with E-state index in [-0.39, 0.29) is 18.2 Å². The molecule has 1 aliphatic rings. The number of fused-ring (bicyclic) bond motifs is 3. The molecule has 0 saturated carbocycles. The Bertz CT molecular complexity index is 1330. The summed E-state index contributed by atoms with van der Waals surface area (Å²) in [6.45, 7) is 3.10. The lowest BCUT2D eigenvalue weighted by Gasteiger charge is -2.09. The van der Waals surface area contributed by atoms with Crippen molar-refractivity contribution in [2.45, 2.75) is 39.2 Å². The molecule has 5 rings (SSSR count). The van der Waals surface area contributed by atoms with Gasteiger partial charge in [-0.15, -0.1) is 0 Å². The molecule has 0 spiro atoms. The van der Waals surface area contributed by atoms with Gasteiger partial charge in [-0.3, -0.25) is 0 Å². The first kappa shape index (κ1) is 21.1. The number of hydrogen-bond donors (Lipinski definition) is 1. The summed E-state index contributed by atoms with van der Waals surface area (Å²) in [6.07, 6.45) is 4.09. The minimum Gasteiger partial charge on any atom is -0.462 e. The maximum Gasteiger partial charge on any atom is 0.344 e. The minimum absolute atomic E-state index is 0.207. The van der Waals surface area contributed by atoms with Crippen molar-refractivity contribution in [2.24, 2.45) is 0 Å². The summed E-state index contributed by atoms with van der Waals surface area (Å²) in [5.74, 6) is 1.22. The molecule has 1 aliphatic heterocycles. The Balaban J connectivity index is 1.54. The number of nitrogens with two attached hydrogens (primary N) is 1. The zero-order chi connectivity index (χ0) is 22.8. The van der Waals surface area contributed by atoms with E-state index in [1.54, 1.807) is 4.57 Å². The molecule has 170 valence electrons. The normalized spacial score (nSPS) is 12.5. The van der Waals surface area contributed by atoms with Crippen molar-refractivity contribution < 1.29 is 19.0 Å². The number of esters is 1. The summed E-state index contributed by atoms with van der Waals surface area (Å²) in [7, 11) is 0. The van der Waals surface area contributed by atoms with E-state index in [1.807, 2.05) is 42.5 Å². The molecule has 2 aromatic carbocycles. The second-order valence-corrected chi connectivity index (χ2v) is 8.12. The maximum absolute atomic E-state index is 13.0. The summed E-state index contributed by atoms with van der Waals surface area (Å²) >= 11 is 0. The molecule has 0 fully saturated rings. The number of hydrogen-bond acceptors (Lipinski definition) is 7.